The van der Waals surface area contributed by atoms with E-state index in [-0.39, 0.29) is 17.3 Å². The van der Waals surface area contributed by atoms with Crippen LogP contribution in [0.1, 0.15) is 73.6 Å². The Bertz CT molecular complexity index is 446. The van der Waals surface area contributed by atoms with Crippen LogP contribution in [0, 0.1) is 16.7 Å². The number of ether oxygens (including phenoxy) is 1. The molecule has 2 fully saturated rings. The maximum Gasteiger partial charge on any atom is 0.312 e. The fraction of sp³-hybridized carbons (Fsp3) is 0.944. The average molecular weight is 312 g/mol. The molecule has 2 bridgehead atoms. The number of aliphatic hydroxyl groups excluding tert-OH is 1. The van der Waals surface area contributed by atoms with Gasteiger partial charge in [-0.25, -0.2) is 0 Å². The van der Waals surface area contributed by atoms with Gasteiger partial charge < -0.3 is 14.9 Å². The van der Waals surface area contributed by atoms with Crippen molar-refractivity contribution in [2.45, 2.75) is 91.0 Å². The molecule has 4 atom stereocenters. The molecule has 0 aromatic carbocycles. The molecule has 4 heteroatoms. The van der Waals surface area contributed by atoms with Crippen molar-refractivity contribution in [2.24, 2.45) is 16.7 Å². The molecule has 22 heavy (non-hydrogen) atoms. The zero-order valence-electron chi connectivity index (χ0n) is 14.9. The van der Waals surface area contributed by atoms with E-state index in [9.17, 15) is 15.0 Å². The number of carbonyl (C=O) groups is 1. The Labute approximate surface area is 134 Å². The van der Waals surface area contributed by atoms with Crippen LogP contribution in [-0.4, -0.2) is 33.5 Å². The predicted octanol–water partition coefficient (Wildman–Crippen LogP) is 3.05. The Morgan fingerprint density at radius 3 is 2.23 bits per heavy atom. The van der Waals surface area contributed by atoms with Crippen LogP contribution in [0.5, 0.6) is 0 Å². The number of rotatable bonds is 2. The summed E-state index contributed by atoms with van der Waals surface area (Å²) in [4.78, 5) is 12.7. The van der Waals surface area contributed by atoms with E-state index in [1.165, 1.54) is 0 Å². The van der Waals surface area contributed by atoms with Crippen molar-refractivity contribution in [3.8, 4) is 0 Å². The van der Waals surface area contributed by atoms with Gasteiger partial charge in [0.05, 0.1) is 17.1 Å². The highest BCUT2D eigenvalue weighted by Crippen LogP contribution is 2.49. The third kappa shape index (κ3) is 3.33. The second-order valence-corrected chi connectivity index (χ2v) is 9.48. The molecular weight excluding hydrogens is 280 g/mol. The smallest absolute Gasteiger partial charge is 0.312 e. The van der Waals surface area contributed by atoms with E-state index in [1.807, 2.05) is 41.5 Å². The first-order valence-electron chi connectivity index (χ1n) is 8.40. The number of hydrogen-bond donors (Lipinski definition) is 2. The van der Waals surface area contributed by atoms with Gasteiger partial charge in [-0.15, -0.1) is 0 Å². The zero-order valence-corrected chi connectivity index (χ0v) is 14.9. The second kappa shape index (κ2) is 5.20. The fourth-order valence-electron chi connectivity index (χ4n) is 4.02. The molecule has 0 spiro atoms. The molecule has 2 N–H and O–H groups in total. The SMILES string of the molecule is CC1(OC(=O)C(C)(C)C(C)(C)C)CC2CC(O)CC(O)(C2)C1. The van der Waals surface area contributed by atoms with Gasteiger partial charge in [0.15, 0.2) is 0 Å². The van der Waals surface area contributed by atoms with Crippen molar-refractivity contribution in [2.75, 3.05) is 0 Å². The van der Waals surface area contributed by atoms with Crippen LogP contribution >= 0.6 is 0 Å². The van der Waals surface area contributed by atoms with Crippen LogP contribution < -0.4 is 0 Å². The van der Waals surface area contributed by atoms with Gasteiger partial charge >= 0.3 is 5.97 Å². The van der Waals surface area contributed by atoms with Gasteiger partial charge in [-0.3, -0.25) is 4.79 Å². The highest BCUT2D eigenvalue weighted by molar-refractivity contribution is 5.77. The summed E-state index contributed by atoms with van der Waals surface area (Å²) < 4.78 is 5.93. The maximum atomic E-state index is 12.7. The van der Waals surface area contributed by atoms with Crippen molar-refractivity contribution >= 4 is 5.97 Å². The number of aliphatic hydroxyl groups is 2. The Kier molecular flexibility index (Phi) is 4.19. The molecule has 0 amide bonds. The topological polar surface area (TPSA) is 66.8 Å². The molecule has 0 aliphatic heterocycles. The second-order valence-electron chi connectivity index (χ2n) is 9.48. The van der Waals surface area contributed by atoms with E-state index < -0.39 is 22.7 Å². The average Bonchev–Trinajstić information content (AvgIpc) is 2.22. The van der Waals surface area contributed by atoms with Crippen LogP contribution in [0.15, 0.2) is 0 Å². The molecule has 2 aliphatic rings. The van der Waals surface area contributed by atoms with E-state index >= 15 is 0 Å². The van der Waals surface area contributed by atoms with Gasteiger partial charge in [0.25, 0.3) is 0 Å². The van der Waals surface area contributed by atoms with Gasteiger partial charge in [-0.2, -0.15) is 0 Å². The predicted molar refractivity (Wildman–Crippen MR) is 85.3 cm³/mol. The summed E-state index contributed by atoms with van der Waals surface area (Å²) in [5, 5.41) is 20.6. The minimum atomic E-state index is -0.901. The molecule has 0 saturated heterocycles. The lowest BCUT2D eigenvalue weighted by atomic mass is 9.63. The van der Waals surface area contributed by atoms with Gasteiger partial charge in [0, 0.05) is 12.8 Å². The van der Waals surface area contributed by atoms with Crippen LogP contribution in [0.3, 0.4) is 0 Å². The number of esters is 1. The normalized spacial score (nSPS) is 39.5. The largest absolute Gasteiger partial charge is 0.459 e. The highest BCUT2D eigenvalue weighted by Gasteiger charge is 2.53. The number of fused-ring (bicyclic) bond motifs is 2. The highest BCUT2D eigenvalue weighted by atomic mass is 16.6. The molecule has 0 aromatic heterocycles. The van der Waals surface area contributed by atoms with E-state index in [0.29, 0.717) is 25.7 Å². The molecule has 128 valence electrons. The molecule has 4 nitrogen and oxygen atoms in total. The summed E-state index contributed by atoms with van der Waals surface area (Å²) >= 11 is 0. The lowest BCUT2D eigenvalue weighted by Gasteiger charge is -2.51. The van der Waals surface area contributed by atoms with Crippen LogP contribution in [-0.2, 0) is 9.53 Å². The molecule has 2 rings (SSSR count). The fourth-order valence-corrected chi connectivity index (χ4v) is 4.02. The van der Waals surface area contributed by atoms with Gasteiger partial charge in [-0.05, 0) is 51.4 Å². The van der Waals surface area contributed by atoms with Crippen LogP contribution in [0.4, 0.5) is 0 Å². The van der Waals surface area contributed by atoms with Crippen molar-refractivity contribution in [3.05, 3.63) is 0 Å². The Balaban J connectivity index is 2.14. The Morgan fingerprint density at radius 1 is 1.14 bits per heavy atom. The Morgan fingerprint density at radius 2 is 1.73 bits per heavy atom. The third-order valence-electron chi connectivity index (χ3n) is 6.04. The molecule has 4 unspecified atom stereocenters. The lowest BCUT2D eigenvalue weighted by molar-refractivity contribution is -0.200. The first-order chi connectivity index (χ1) is 9.76. The van der Waals surface area contributed by atoms with Crippen molar-refractivity contribution in [1.29, 1.82) is 0 Å². The minimum Gasteiger partial charge on any atom is -0.459 e. The summed E-state index contributed by atoms with van der Waals surface area (Å²) in [6.45, 7) is 11.9. The molecule has 2 aliphatic carbocycles. The van der Waals surface area contributed by atoms with Crippen LogP contribution in [0.2, 0.25) is 0 Å². The van der Waals surface area contributed by atoms with E-state index in [1.54, 1.807) is 0 Å². The molecule has 0 aromatic rings. The molecule has 0 radical (unpaired) electrons. The van der Waals surface area contributed by atoms with E-state index in [0.717, 1.165) is 6.42 Å². The summed E-state index contributed by atoms with van der Waals surface area (Å²) in [6.07, 6.45) is 2.49. The first kappa shape index (κ1) is 17.7. The summed E-state index contributed by atoms with van der Waals surface area (Å²) in [7, 11) is 0. The maximum absolute atomic E-state index is 12.7. The van der Waals surface area contributed by atoms with E-state index in [2.05, 4.69) is 0 Å². The molecular formula is C18H32O4. The Hall–Kier alpha value is -0.610. The van der Waals surface area contributed by atoms with Gasteiger partial charge in [0.2, 0.25) is 0 Å². The van der Waals surface area contributed by atoms with Gasteiger partial charge in [-0.1, -0.05) is 20.8 Å². The van der Waals surface area contributed by atoms with Gasteiger partial charge in [0.1, 0.15) is 5.60 Å². The monoisotopic (exact) mass is 312 g/mol. The molecule has 2 saturated carbocycles. The minimum absolute atomic E-state index is 0.196. The van der Waals surface area contributed by atoms with Crippen molar-refractivity contribution in [3.63, 3.8) is 0 Å². The van der Waals surface area contributed by atoms with E-state index in [4.69, 9.17) is 4.74 Å². The quantitative estimate of drug-likeness (QED) is 0.769. The summed E-state index contributed by atoms with van der Waals surface area (Å²) in [5.41, 5.74) is -2.33. The standard InChI is InChI=1S/C18H32O4/c1-15(2,3)16(4,5)14(20)22-17(6)8-12-7-13(19)10-18(21,9-12)11-17/h12-13,19,21H,7-11H2,1-6H3. The lowest BCUT2D eigenvalue weighted by Crippen LogP contribution is -2.55. The molecule has 0 heterocycles. The summed E-state index contributed by atoms with van der Waals surface area (Å²) in [5.74, 6) is 0.0182. The zero-order chi connectivity index (χ0) is 17.0. The van der Waals surface area contributed by atoms with Crippen molar-refractivity contribution < 1.29 is 19.7 Å². The third-order valence-corrected chi connectivity index (χ3v) is 6.04. The summed E-state index contributed by atoms with van der Waals surface area (Å²) in [6, 6.07) is 0. The first-order valence-corrected chi connectivity index (χ1v) is 8.40. The number of carbonyl (C=O) groups excluding carboxylic acids is 1. The van der Waals surface area contributed by atoms with Crippen LogP contribution in [0.25, 0.3) is 0 Å². The van der Waals surface area contributed by atoms with Crippen molar-refractivity contribution in [1.82, 2.24) is 0 Å². The number of hydrogen-bond acceptors (Lipinski definition) is 4.